The van der Waals surface area contributed by atoms with Gasteiger partial charge in [-0.1, -0.05) is 0 Å². The Balaban J connectivity index is 2.37. The highest BCUT2D eigenvalue weighted by molar-refractivity contribution is 9.10. The lowest BCUT2D eigenvalue weighted by molar-refractivity contribution is -0.120. The Labute approximate surface area is 109 Å². The third kappa shape index (κ3) is 2.68. The summed E-state index contributed by atoms with van der Waals surface area (Å²) < 4.78 is 14.0. The van der Waals surface area contributed by atoms with Gasteiger partial charge in [0.25, 0.3) is 0 Å². The highest BCUT2D eigenvalue weighted by Crippen LogP contribution is 2.36. The zero-order chi connectivity index (χ0) is 12.6. The van der Waals surface area contributed by atoms with Crippen molar-refractivity contribution >= 4 is 27.5 Å². The van der Waals surface area contributed by atoms with Crippen molar-refractivity contribution in [1.82, 2.24) is 0 Å². The molecule has 1 aromatic rings. The maximum atomic E-state index is 13.3. The number of halogens is 2. The molecule has 1 fully saturated rings. The van der Waals surface area contributed by atoms with Crippen LogP contribution in [0.1, 0.15) is 26.7 Å². The van der Waals surface area contributed by atoms with E-state index in [1.165, 1.54) is 12.1 Å². The molecule has 1 amide bonds. The molecule has 0 saturated heterocycles. The van der Waals surface area contributed by atoms with Crippen molar-refractivity contribution in [3.8, 4) is 0 Å². The highest BCUT2D eigenvalue weighted by Gasteiger charge is 2.35. The number of carbonyl (C=O) groups is 1. The molecule has 17 heavy (non-hydrogen) atoms. The Morgan fingerprint density at radius 2 is 2.12 bits per heavy atom. The van der Waals surface area contributed by atoms with Crippen LogP contribution in [-0.2, 0) is 4.79 Å². The number of rotatable bonds is 3. The van der Waals surface area contributed by atoms with E-state index in [1.807, 2.05) is 13.8 Å². The van der Waals surface area contributed by atoms with E-state index in [9.17, 15) is 9.18 Å². The van der Waals surface area contributed by atoms with Crippen LogP contribution in [-0.4, -0.2) is 11.9 Å². The van der Waals surface area contributed by atoms with Crippen LogP contribution in [0.25, 0.3) is 0 Å². The first kappa shape index (κ1) is 12.6. The van der Waals surface area contributed by atoms with Crippen molar-refractivity contribution in [3.05, 3.63) is 28.5 Å². The minimum Gasteiger partial charge on any atom is -0.308 e. The minimum absolute atomic E-state index is 0.0289. The molecule has 1 aliphatic rings. The smallest absolute Gasteiger partial charge is 0.230 e. The molecule has 1 aromatic carbocycles. The SMILES string of the molecule is CC(C)N(C(=O)C1CC1)c1cc(F)ccc1Br. The quantitative estimate of drug-likeness (QED) is 0.832. The van der Waals surface area contributed by atoms with Crippen molar-refractivity contribution in [1.29, 1.82) is 0 Å². The lowest BCUT2D eigenvalue weighted by Gasteiger charge is -2.28. The Morgan fingerprint density at radius 1 is 1.47 bits per heavy atom. The zero-order valence-corrected chi connectivity index (χ0v) is 11.5. The largest absolute Gasteiger partial charge is 0.308 e. The number of amides is 1. The number of anilines is 1. The number of hydrogen-bond donors (Lipinski definition) is 0. The van der Waals surface area contributed by atoms with Crippen LogP contribution in [0.5, 0.6) is 0 Å². The zero-order valence-electron chi connectivity index (χ0n) is 9.91. The van der Waals surface area contributed by atoms with Crippen molar-refractivity contribution < 1.29 is 9.18 Å². The predicted molar refractivity (Wildman–Crippen MR) is 69.4 cm³/mol. The fraction of sp³-hybridized carbons (Fsp3) is 0.462. The number of hydrogen-bond acceptors (Lipinski definition) is 1. The van der Waals surface area contributed by atoms with Crippen LogP contribution >= 0.6 is 15.9 Å². The van der Waals surface area contributed by atoms with E-state index >= 15 is 0 Å². The molecule has 0 atom stereocenters. The van der Waals surface area contributed by atoms with Gasteiger partial charge in [-0.2, -0.15) is 0 Å². The van der Waals surface area contributed by atoms with Gasteiger partial charge in [-0.05, 0) is 60.8 Å². The van der Waals surface area contributed by atoms with Crippen LogP contribution in [0.2, 0.25) is 0 Å². The maximum Gasteiger partial charge on any atom is 0.230 e. The van der Waals surface area contributed by atoms with E-state index in [2.05, 4.69) is 15.9 Å². The van der Waals surface area contributed by atoms with E-state index in [-0.39, 0.29) is 23.7 Å². The molecule has 4 heteroatoms. The molecule has 0 unspecified atom stereocenters. The average molecular weight is 300 g/mol. The number of carbonyl (C=O) groups excluding carboxylic acids is 1. The van der Waals surface area contributed by atoms with Gasteiger partial charge in [-0.15, -0.1) is 0 Å². The Hall–Kier alpha value is -0.900. The number of nitrogens with zero attached hydrogens (tertiary/aromatic N) is 1. The topological polar surface area (TPSA) is 20.3 Å². The monoisotopic (exact) mass is 299 g/mol. The molecule has 0 N–H and O–H groups in total. The molecule has 1 aliphatic carbocycles. The summed E-state index contributed by atoms with van der Waals surface area (Å²) >= 11 is 3.38. The summed E-state index contributed by atoms with van der Waals surface area (Å²) in [4.78, 5) is 13.9. The average Bonchev–Trinajstić information content (AvgIpc) is 3.06. The molecule has 0 aromatic heterocycles. The lowest BCUT2D eigenvalue weighted by atomic mass is 10.2. The van der Waals surface area contributed by atoms with Crippen molar-refractivity contribution in [2.45, 2.75) is 32.7 Å². The van der Waals surface area contributed by atoms with E-state index in [0.717, 1.165) is 17.3 Å². The summed E-state index contributed by atoms with van der Waals surface area (Å²) in [6.07, 6.45) is 1.91. The van der Waals surface area contributed by atoms with Gasteiger partial charge in [-0.3, -0.25) is 4.79 Å². The fourth-order valence-corrected chi connectivity index (χ4v) is 2.29. The summed E-state index contributed by atoms with van der Waals surface area (Å²) in [5.74, 6) is -0.0867. The maximum absolute atomic E-state index is 13.3. The van der Waals surface area contributed by atoms with Crippen molar-refractivity contribution in [2.24, 2.45) is 5.92 Å². The molecule has 0 radical (unpaired) electrons. The summed E-state index contributed by atoms with van der Waals surface area (Å²) in [6.45, 7) is 3.88. The molecule has 92 valence electrons. The molecule has 0 spiro atoms. The number of benzene rings is 1. The van der Waals surface area contributed by atoms with Gasteiger partial charge in [0.2, 0.25) is 5.91 Å². The van der Waals surface area contributed by atoms with Crippen LogP contribution in [0.4, 0.5) is 10.1 Å². The van der Waals surface area contributed by atoms with Crippen molar-refractivity contribution in [2.75, 3.05) is 4.90 Å². The molecule has 0 aliphatic heterocycles. The van der Waals surface area contributed by atoms with Gasteiger partial charge in [0.05, 0.1) is 5.69 Å². The van der Waals surface area contributed by atoms with Crippen LogP contribution in [0.15, 0.2) is 22.7 Å². The molecule has 2 nitrogen and oxygen atoms in total. The lowest BCUT2D eigenvalue weighted by Crippen LogP contribution is -2.38. The first-order valence-electron chi connectivity index (χ1n) is 5.79. The molecule has 0 heterocycles. The van der Waals surface area contributed by atoms with E-state index in [0.29, 0.717) is 5.69 Å². The Kier molecular flexibility index (Phi) is 3.52. The molecule has 0 bridgehead atoms. The Bertz CT molecular complexity index is 443. The van der Waals surface area contributed by atoms with Gasteiger partial charge in [-0.25, -0.2) is 4.39 Å². The van der Waals surface area contributed by atoms with Gasteiger partial charge in [0.1, 0.15) is 5.82 Å². The molecular weight excluding hydrogens is 285 g/mol. The normalized spacial score (nSPS) is 15.1. The standard InChI is InChI=1S/C13H15BrFNO/c1-8(2)16(13(17)9-3-4-9)12-7-10(15)5-6-11(12)14/h5-9H,3-4H2,1-2H3. The van der Waals surface area contributed by atoms with Gasteiger partial charge < -0.3 is 4.90 Å². The minimum atomic E-state index is -0.322. The third-order valence-electron chi connectivity index (χ3n) is 2.85. The summed E-state index contributed by atoms with van der Waals surface area (Å²) in [6, 6.07) is 4.46. The van der Waals surface area contributed by atoms with Crippen LogP contribution in [0.3, 0.4) is 0 Å². The van der Waals surface area contributed by atoms with Gasteiger partial charge in [0.15, 0.2) is 0 Å². The van der Waals surface area contributed by atoms with E-state index in [1.54, 1.807) is 11.0 Å². The second-order valence-corrected chi connectivity index (χ2v) is 5.53. The van der Waals surface area contributed by atoms with E-state index < -0.39 is 0 Å². The fourth-order valence-electron chi connectivity index (χ4n) is 1.85. The Morgan fingerprint density at radius 3 is 2.65 bits per heavy atom. The second-order valence-electron chi connectivity index (χ2n) is 4.67. The van der Waals surface area contributed by atoms with Crippen molar-refractivity contribution in [3.63, 3.8) is 0 Å². The first-order chi connectivity index (χ1) is 8.00. The second kappa shape index (κ2) is 4.77. The predicted octanol–water partition coefficient (Wildman–Crippen LogP) is 3.74. The first-order valence-corrected chi connectivity index (χ1v) is 6.58. The summed E-state index contributed by atoms with van der Waals surface area (Å²) in [7, 11) is 0. The molecule has 1 saturated carbocycles. The summed E-state index contributed by atoms with van der Waals surface area (Å²) in [5.41, 5.74) is 0.622. The molecule has 2 rings (SSSR count). The van der Waals surface area contributed by atoms with Gasteiger partial charge >= 0.3 is 0 Å². The van der Waals surface area contributed by atoms with E-state index in [4.69, 9.17) is 0 Å². The molecular formula is C13H15BrFNO. The third-order valence-corrected chi connectivity index (χ3v) is 3.52. The van der Waals surface area contributed by atoms with Gasteiger partial charge in [0, 0.05) is 16.4 Å². The van der Waals surface area contributed by atoms with Crippen LogP contribution in [0, 0.1) is 11.7 Å². The summed E-state index contributed by atoms with van der Waals surface area (Å²) in [5, 5.41) is 0. The highest BCUT2D eigenvalue weighted by atomic mass is 79.9. The van der Waals surface area contributed by atoms with Crippen LogP contribution < -0.4 is 4.90 Å².